The number of methoxy groups -OCH3 is 1. The van der Waals surface area contributed by atoms with E-state index >= 15 is 0 Å². The first kappa shape index (κ1) is 32.1. The zero-order valence-electron chi connectivity index (χ0n) is 24.5. The van der Waals surface area contributed by atoms with E-state index in [1.165, 1.54) is 31.2 Å². The molecule has 0 radical (unpaired) electrons. The van der Waals surface area contributed by atoms with Crippen molar-refractivity contribution >= 4 is 5.78 Å². The maximum atomic E-state index is 12.5. The minimum atomic E-state index is -0.306. The molecule has 0 bridgehead atoms. The van der Waals surface area contributed by atoms with Crippen molar-refractivity contribution in [3.63, 3.8) is 0 Å². The zero-order chi connectivity index (χ0) is 29.0. The summed E-state index contributed by atoms with van der Waals surface area (Å²) in [7, 11) is 1.63. The smallest absolute Gasteiger partial charge is 0.193 e. The summed E-state index contributed by atoms with van der Waals surface area (Å²) in [5, 5.41) is 9.55. The number of ether oxygens (including phenoxy) is 3. The van der Waals surface area contributed by atoms with Crippen LogP contribution in [0.2, 0.25) is 0 Å². The highest BCUT2D eigenvalue weighted by Crippen LogP contribution is 2.18. The van der Waals surface area contributed by atoms with Crippen molar-refractivity contribution in [2.75, 3.05) is 26.9 Å². The fourth-order valence-corrected chi connectivity index (χ4v) is 4.57. The van der Waals surface area contributed by atoms with E-state index in [-0.39, 0.29) is 18.5 Å². The van der Waals surface area contributed by atoms with Crippen LogP contribution in [0.1, 0.15) is 79.3 Å². The molecule has 0 amide bonds. The number of rotatable bonds is 21. The average Bonchev–Trinajstić information content (AvgIpc) is 3.03. The third-order valence-corrected chi connectivity index (χ3v) is 7.07. The van der Waals surface area contributed by atoms with Crippen LogP contribution in [0.4, 0.5) is 0 Å². The first-order valence-corrected chi connectivity index (χ1v) is 15.0. The first-order valence-electron chi connectivity index (χ1n) is 15.0. The standard InChI is InChI=1S/C36H46O5/c1-39-33-23-25-34(26-24-33)41-29-35(28-37)40-27-15-10-8-6-4-2-3-5-7-9-12-16-30-19-21-32(22-20-30)36(38)31-17-13-11-14-18-31/h5,7,11,13-14,17-26,35,37H,2-4,6,8-10,12,15-16,27-29H2,1H3/b7-5-/t35-/m1/s1. The number of allylic oxidation sites excluding steroid dienone is 2. The molecule has 1 atom stereocenters. The molecule has 0 aliphatic heterocycles. The monoisotopic (exact) mass is 558 g/mol. The normalized spacial score (nSPS) is 12.0. The second-order valence-corrected chi connectivity index (χ2v) is 10.3. The van der Waals surface area contributed by atoms with E-state index in [4.69, 9.17) is 14.2 Å². The van der Waals surface area contributed by atoms with Crippen LogP contribution in [0.3, 0.4) is 0 Å². The summed E-state index contributed by atoms with van der Waals surface area (Å²) in [5.41, 5.74) is 2.76. The molecule has 0 heterocycles. The van der Waals surface area contributed by atoms with E-state index in [1.54, 1.807) is 7.11 Å². The molecule has 5 nitrogen and oxygen atoms in total. The number of aliphatic hydroxyl groups excluding tert-OH is 1. The highest BCUT2D eigenvalue weighted by Gasteiger charge is 2.09. The van der Waals surface area contributed by atoms with Crippen LogP contribution in [0, 0.1) is 0 Å². The Balaban J connectivity index is 1.13. The van der Waals surface area contributed by atoms with Crippen LogP contribution in [0.5, 0.6) is 11.5 Å². The van der Waals surface area contributed by atoms with Gasteiger partial charge in [-0.1, -0.05) is 92.4 Å². The van der Waals surface area contributed by atoms with E-state index in [2.05, 4.69) is 24.3 Å². The summed E-state index contributed by atoms with van der Waals surface area (Å²) in [6, 6.07) is 24.9. The fraction of sp³-hybridized carbons (Fsp3) is 0.417. The maximum Gasteiger partial charge on any atom is 0.193 e. The Labute approximate surface area is 246 Å². The van der Waals surface area contributed by atoms with Crippen molar-refractivity contribution in [2.45, 2.75) is 70.3 Å². The summed E-state index contributed by atoms with van der Waals surface area (Å²) >= 11 is 0. The van der Waals surface area contributed by atoms with Gasteiger partial charge in [-0.05, 0) is 68.4 Å². The number of ketones is 1. The molecule has 3 aromatic rings. The van der Waals surface area contributed by atoms with E-state index in [9.17, 15) is 9.90 Å². The van der Waals surface area contributed by atoms with Crippen LogP contribution in [0.25, 0.3) is 0 Å². The molecule has 5 heteroatoms. The third-order valence-electron chi connectivity index (χ3n) is 7.07. The minimum Gasteiger partial charge on any atom is -0.497 e. The highest BCUT2D eigenvalue weighted by atomic mass is 16.5. The Morgan fingerprint density at radius 3 is 2.02 bits per heavy atom. The Kier molecular flexibility index (Phi) is 15.4. The van der Waals surface area contributed by atoms with Crippen molar-refractivity contribution < 1.29 is 24.1 Å². The molecule has 0 saturated heterocycles. The lowest BCUT2D eigenvalue weighted by Crippen LogP contribution is -2.26. The maximum absolute atomic E-state index is 12.5. The highest BCUT2D eigenvalue weighted by molar-refractivity contribution is 6.08. The zero-order valence-corrected chi connectivity index (χ0v) is 24.5. The molecule has 220 valence electrons. The Morgan fingerprint density at radius 2 is 1.34 bits per heavy atom. The van der Waals surface area contributed by atoms with Crippen LogP contribution in [-0.4, -0.2) is 43.9 Å². The van der Waals surface area contributed by atoms with Gasteiger partial charge in [-0.3, -0.25) is 4.79 Å². The van der Waals surface area contributed by atoms with Crippen molar-refractivity contribution in [3.8, 4) is 11.5 Å². The van der Waals surface area contributed by atoms with Gasteiger partial charge in [-0.25, -0.2) is 0 Å². The van der Waals surface area contributed by atoms with Gasteiger partial charge >= 0.3 is 0 Å². The largest absolute Gasteiger partial charge is 0.497 e. The van der Waals surface area contributed by atoms with Gasteiger partial charge in [0.05, 0.1) is 13.7 Å². The molecule has 3 aromatic carbocycles. The van der Waals surface area contributed by atoms with Crippen molar-refractivity contribution in [1.29, 1.82) is 0 Å². The Morgan fingerprint density at radius 1 is 0.732 bits per heavy atom. The molecule has 3 rings (SSSR count). The van der Waals surface area contributed by atoms with Gasteiger partial charge in [0.15, 0.2) is 5.78 Å². The van der Waals surface area contributed by atoms with Crippen LogP contribution < -0.4 is 9.47 Å². The van der Waals surface area contributed by atoms with E-state index in [0.717, 1.165) is 61.2 Å². The number of hydrogen-bond donors (Lipinski definition) is 1. The van der Waals surface area contributed by atoms with Gasteiger partial charge in [0.1, 0.15) is 24.2 Å². The van der Waals surface area contributed by atoms with Gasteiger partial charge in [0.25, 0.3) is 0 Å². The van der Waals surface area contributed by atoms with Gasteiger partial charge < -0.3 is 19.3 Å². The third kappa shape index (κ3) is 12.8. The number of carbonyl (C=O) groups excluding carboxylic acids is 1. The Hall–Kier alpha value is -3.41. The van der Waals surface area contributed by atoms with Gasteiger partial charge in [0, 0.05) is 17.7 Å². The topological polar surface area (TPSA) is 65.0 Å². The number of hydrogen-bond acceptors (Lipinski definition) is 5. The molecule has 0 fully saturated rings. The number of benzene rings is 3. The molecule has 0 saturated carbocycles. The van der Waals surface area contributed by atoms with Crippen molar-refractivity contribution in [3.05, 3.63) is 108 Å². The molecule has 0 spiro atoms. The van der Waals surface area contributed by atoms with Crippen molar-refractivity contribution in [2.24, 2.45) is 0 Å². The second-order valence-electron chi connectivity index (χ2n) is 10.3. The number of aliphatic hydroxyl groups is 1. The average molecular weight is 559 g/mol. The Bertz CT molecular complexity index is 1120. The lowest BCUT2D eigenvalue weighted by atomic mass is 10.0. The van der Waals surface area contributed by atoms with E-state index < -0.39 is 0 Å². The summed E-state index contributed by atoms with van der Waals surface area (Å²) in [5.74, 6) is 1.60. The van der Waals surface area contributed by atoms with Crippen LogP contribution in [0.15, 0.2) is 91.0 Å². The number of aryl methyl sites for hydroxylation is 1. The van der Waals surface area contributed by atoms with Crippen LogP contribution >= 0.6 is 0 Å². The molecule has 41 heavy (non-hydrogen) atoms. The summed E-state index contributed by atoms with van der Waals surface area (Å²) < 4.78 is 16.6. The SMILES string of the molecule is COc1ccc(OC[C@@H](CO)OCCCCCCCC/C=C\CCCc2ccc(C(=O)c3ccccc3)cc2)cc1. The summed E-state index contributed by atoms with van der Waals surface area (Å²) in [6.45, 7) is 0.935. The van der Waals surface area contributed by atoms with E-state index in [0.29, 0.717) is 13.2 Å². The lowest BCUT2D eigenvalue weighted by molar-refractivity contribution is -0.0149. The number of unbranched alkanes of at least 4 members (excludes halogenated alkanes) is 7. The van der Waals surface area contributed by atoms with Crippen LogP contribution in [-0.2, 0) is 11.2 Å². The lowest BCUT2D eigenvalue weighted by Gasteiger charge is -2.16. The predicted octanol–water partition coefficient (Wildman–Crippen LogP) is 7.99. The van der Waals surface area contributed by atoms with Gasteiger partial charge in [-0.15, -0.1) is 0 Å². The molecule has 0 unspecified atom stereocenters. The minimum absolute atomic E-state index is 0.0475. The second kappa shape index (κ2) is 19.6. The molecule has 0 aliphatic rings. The fourth-order valence-electron chi connectivity index (χ4n) is 4.57. The van der Waals surface area contributed by atoms with Gasteiger partial charge in [0.2, 0.25) is 0 Å². The summed E-state index contributed by atoms with van der Waals surface area (Å²) in [6.07, 6.45) is 15.8. The molecule has 1 N–H and O–H groups in total. The van der Waals surface area contributed by atoms with E-state index in [1.807, 2.05) is 66.7 Å². The summed E-state index contributed by atoms with van der Waals surface area (Å²) in [4.78, 5) is 12.5. The van der Waals surface area contributed by atoms with Crippen molar-refractivity contribution in [1.82, 2.24) is 0 Å². The molecular formula is C36H46O5. The van der Waals surface area contributed by atoms with Gasteiger partial charge in [-0.2, -0.15) is 0 Å². The quantitative estimate of drug-likeness (QED) is 0.0815. The molecule has 0 aliphatic carbocycles. The first-order chi connectivity index (χ1) is 20.2. The number of carbonyl (C=O) groups is 1. The molecule has 0 aromatic heterocycles. The molecular weight excluding hydrogens is 512 g/mol. The predicted molar refractivity (Wildman–Crippen MR) is 166 cm³/mol.